The van der Waals surface area contributed by atoms with Gasteiger partial charge < -0.3 is 14.8 Å². The van der Waals surface area contributed by atoms with Crippen LogP contribution >= 0.6 is 0 Å². The van der Waals surface area contributed by atoms with E-state index in [0.29, 0.717) is 29.0 Å². The molecule has 0 aliphatic heterocycles. The highest BCUT2D eigenvalue weighted by Gasteiger charge is 2.15. The van der Waals surface area contributed by atoms with E-state index < -0.39 is 0 Å². The van der Waals surface area contributed by atoms with Crippen molar-refractivity contribution in [3.8, 4) is 11.5 Å². The maximum Gasteiger partial charge on any atom is 0.221 e. The number of rotatable bonds is 4. The zero-order valence-corrected chi connectivity index (χ0v) is 9.37. The van der Waals surface area contributed by atoms with Gasteiger partial charge in [-0.2, -0.15) is 0 Å². The number of amides is 1. The molecule has 0 heterocycles. The molecule has 5 nitrogen and oxygen atoms in total. The van der Waals surface area contributed by atoms with Gasteiger partial charge in [0.2, 0.25) is 5.91 Å². The molecule has 0 radical (unpaired) electrons. The average Bonchev–Trinajstić information content (AvgIpc) is 2.27. The van der Waals surface area contributed by atoms with Gasteiger partial charge in [-0.05, 0) is 12.1 Å². The number of carbonyl (C=O) groups is 2. The van der Waals surface area contributed by atoms with Crippen LogP contribution in [0.2, 0.25) is 0 Å². The lowest BCUT2D eigenvalue weighted by molar-refractivity contribution is -0.114. The largest absolute Gasteiger partial charge is 0.492 e. The van der Waals surface area contributed by atoms with E-state index >= 15 is 0 Å². The van der Waals surface area contributed by atoms with Crippen LogP contribution in [0.1, 0.15) is 17.3 Å². The van der Waals surface area contributed by atoms with E-state index in [2.05, 4.69) is 5.32 Å². The van der Waals surface area contributed by atoms with Crippen LogP contribution in [-0.4, -0.2) is 26.4 Å². The number of hydrogen-bond acceptors (Lipinski definition) is 4. The van der Waals surface area contributed by atoms with Crippen molar-refractivity contribution in [1.82, 2.24) is 0 Å². The minimum absolute atomic E-state index is 0.223. The van der Waals surface area contributed by atoms with Crippen molar-refractivity contribution in [3.63, 3.8) is 0 Å². The second-order valence-electron chi connectivity index (χ2n) is 3.07. The summed E-state index contributed by atoms with van der Waals surface area (Å²) in [4.78, 5) is 21.7. The molecular formula is C11H13NO4. The molecule has 0 bridgehead atoms. The number of ether oxygens (including phenoxy) is 2. The van der Waals surface area contributed by atoms with Crippen molar-refractivity contribution in [2.75, 3.05) is 19.5 Å². The molecule has 1 aromatic carbocycles. The summed E-state index contributed by atoms with van der Waals surface area (Å²) in [6, 6.07) is 3.14. The number of anilines is 1. The van der Waals surface area contributed by atoms with E-state index in [4.69, 9.17) is 9.47 Å². The smallest absolute Gasteiger partial charge is 0.221 e. The van der Waals surface area contributed by atoms with Gasteiger partial charge in [0, 0.05) is 6.92 Å². The van der Waals surface area contributed by atoms with Gasteiger partial charge in [0.25, 0.3) is 0 Å². The third kappa shape index (κ3) is 2.31. The fourth-order valence-corrected chi connectivity index (χ4v) is 1.37. The van der Waals surface area contributed by atoms with E-state index in [1.54, 1.807) is 12.1 Å². The third-order valence-corrected chi connectivity index (χ3v) is 1.99. The lowest BCUT2D eigenvalue weighted by atomic mass is 10.1. The monoisotopic (exact) mass is 223 g/mol. The highest BCUT2D eigenvalue weighted by Crippen LogP contribution is 2.37. The second kappa shape index (κ2) is 5.16. The van der Waals surface area contributed by atoms with Gasteiger partial charge >= 0.3 is 0 Å². The average molecular weight is 223 g/mol. The first-order chi connectivity index (χ1) is 7.63. The summed E-state index contributed by atoms with van der Waals surface area (Å²) < 4.78 is 10.2. The van der Waals surface area contributed by atoms with Crippen LogP contribution in [0, 0.1) is 0 Å². The molecular weight excluding hydrogens is 210 g/mol. The summed E-state index contributed by atoms with van der Waals surface area (Å²) in [6.45, 7) is 1.39. The van der Waals surface area contributed by atoms with Crippen molar-refractivity contribution in [1.29, 1.82) is 0 Å². The molecule has 0 saturated heterocycles. The summed E-state index contributed by atoms with van der Waals surface area (Å²) in [7, 11) is 2.88. The Labute approximate surface area is 93.4 Å². The van der Waals surface area contributed by atoms with Gasteiger partial charge in [0.15, 0.2) is 17.8 Å². The molecule has 1 N–H and O–H groups in total. The molecule has 0 unspecified atom stereocenters. The molecule has 86 valence electrons. The van der Waals surface area contributed by atoms with Crippen molar-refractivity contribution in [2.24, 2.45) is 0 Å². The molecule has 1 amide bonds. The Morgan fingerprint density at radius 2 is 1.88 bits per heavy atom. The summed E-state index contributed by atoms with van der Waals surface area (Å²) in [5.41, 5.74) is 0.839. The maximum atomic E-state index is 11.0. The minimum atomic E-state index is -0.223. The molecule has 0 saturated carbocycles. The molecule has 0 atom stereocenters. The normalized spacial score (nSPS) is 9.44. The lowest BCUT2D eigenvalue weighted by Gasteiger charge is -2.14. The molecule has 0 aliphatic carbocycles. The van der Waals surface area contributed by atoms with Crippen LogP contribution in [0.25, 0.3) is 0 Å². The number of methoxy groups -OCH3 is 2. The Hall–Kier alpha value is -2.04. The molecule has 1 aromatic rings. The molecule has 0 aliphatic rings. The highest BCUT2D eigenvalue weighted by atomic mass is 16.5. The van der Waals surface area contributed by atoms with E-state index in [0.717, 1.165) is 0 Å². The maximum absolute atomic E-state index is 11.0. The van der Waals surface area contributed by atoms with Crippen LogP contribution in [0.3, 0.4) is 0 Å². The number of benzene rings is 1. The van der Waals surface area contributed by atoms with Gasteiger partial charge in [0.05, 0.1) is 25.5 Å². The first-order valence-corrected chi connectivity index (χ1v) is 4.61. The minimum Gasteiger partial charge on any atom is -0.492 e. The van der Waals surface area contributed by atoms with Crippen LogP contribution in [0.5, 0.6) is 11.5 Å². The van der Waals surface area contributed by atoms with Crippen LogP contribution in [0.15, 0.2) is 12.1 Å². The second-order valence-corrected chi connectivity index (χ2v) is 3.07. The van der Waals surface area contributed by atoms with Gasteiger partial charge in [-0.3, -0.25) is 9.59 Å². The number of hydrogen-bond donors (Lipinski definition) is 1. The van der Waals surface area contributed by atoms with Gasteiger partial charge in [-0.1, -0.05) is 0 Å². The van der Waals surface area contributed by atoms with Gasteiger partial charge in [-0.15, -0.1) is 0 Å². The molecule has 16 heavy (non-hydrogen) atoms. The predicted octanol–water partition coefficient (Wildman–Crippen LogP) is 1.47. The number of carbonyl (C=O) groups excluding carboxylic acids is 2. The Kier molecular flexibility index (Phi) is 3.88. The number of nitrogens with one attached hydrogen (secondary N) is 1. The highest BCUT2D eigenvalue weighted by molar-refractivity contribution is 5.93. The first kappa shape index (κ1) is 12.0. The Balaban J connectivity index is 3.30. The quantitative estimate of drug-likeness (QED) is 0.785. The number of aldehydes is 1. The Morgan fingerprint density at radius 1 is 1.25 bits per heavy atom. The van der Waals surface area contributed by atoms with E-state index in [9.17, 15) is 9.59 Å². The fraction of sp³-hybridized carbons (Fsp3) is 0.273. The van der Waals surface area contributed by atoms with Gasteiger partial charge in [0.1, 0.15) is 0 Å². The van der Waals surface area contributed by atoms with E-state index in [1.165, 1.54) is 21.1 Å². The zero-order valence-electron chi connectivity index (χ0n) is 9.37. The van der Waals surface area contributed by atoms with Crippen molar-refractivity contribution in [3.05, 3.63) is 17.7 Å². The topological polar surface area (TPSA) is 64.6 Å². The van der Waals surface area contributed by atoms with E-state index in [-0.39, 0.29) is 5.91 Å². The Bertz CT molecular complexity index is 415. The van der Waals surface area contributed by atoms with Gasteiger partial charge in [-0.25, -0.2) is 0 Å². The predicted molar refractivity (Wildman–Crippen MR) is 59.2 cm³/mol. The molecule has 5 heteroatoms. The molecule has 1 rings (SSSR count). The lowest BCUT2D eigenvalue weighted by Crippen LogP contribution is -2.08. The first-order valence-electron chi connectivity index (χ1n) is 4.61. The standard InChI is InChI=1S/C11H13NO4/c1-7(14)12-9-5-4-8(6-13)10(15-2)11(9)16-3/h4-6H,1-3H3,(H,12,14). The summed E-state index contributed by atoms with van der Waals surface area (Å²) >= 11 is 0. The molecule has 0 fully saturated rings. The summed E-state index contributed by atoms with van der Waals surface area (Å²) in [5.74, 6) is 0.422. The summed E-state index contributed by atoms with van der Waals surface area (Å²) in [5, 5.41) is 2.59. The SMILES string of the molecule is COc1c(C=O)ccc(NC(C)=O)c1OC. The van der Waals surface area contributed by atoms with E-state index in [1.807, 2.05) is 0 Å². The van der Waals surface area contributed by atoms with Crippen LogP contribution in [-0.2, 0) is 4.79 Å². The van der Waals surface area contributed by atoms with Crippen molar-refractivity contribution >= 4 is 17.9 Å². The van der Waals surface area contributed by atoms with Crippen molar-refractivity contribution < 1.29 is 19.1 Å². The van der Waals surface area contributed by atoms with Crippen LogP contribution in [0.4, 0.5) is 5.69 Å². The van der Waals surface area contributed by atoms with Crippen molar-refractivity contribution in [2.45, 2.75) is 6.92 Å². The molecule has 0 spiro atoms. The Morgan fingerprint density at radius 3 is 2.31 bits per heavy atom. The third-order valence-electron chi connectivity index (χ3n) is 1.99. The fourth-order valence-electron chi connectivity index (χ4n) is 1.37. The zero-order chi connectivity index (χ0) is 12.1. The molecule has 0 aromatic heterocycles. The van der Waals surface area contributed by atoms with Crippen LogP contribution < -0.4 is 14.8 Å². The summed E-state index contributed by atoms with van der Waals surface area (Å²) in [6.07, 6.45) is 0.666.